The Morgan fingerprint density at radius 1 is 1.62 bits per heavy atom. The van der Waals surface area contributed by atoms with Gasteiger partial charge in [0.1, 0.15) is 0 Å². The smallest absolute Gasteiger partial charge is 0.222 e. The largest absolute Gasteiger partial charge is 0.368 e. The molecule has 0 radical (unpaired) electrons. The number of hydrogen-bond acceptors (Lipinski definition) is 4. The van der Waals surface area contributed by atoms with Gasteiger partial charge < -0.3 is 14.8 Å². The topological polar surface area (TPSA) is 69.9 Å². The fourth-order valence-electron chi connectivity index (χ4n) is 1.19. The molecule has 0 fully saturated rings. The van der Waals surface area contributed by atoms with E-state index in [1.54, 1.807) is 12.3 Å². The van der Waals surface area contributed by atoms with Gasteiger partial charge in [-0.3, -0.25) is 0 Å². The molecule has 2 aromatic heterocycles. The van der Waals surface area contributed by atoms with Crippen molar-refractivity contribution in [3.05, 3.63) is 18.5 Å². The van der Waals surface area contributed by atoms with Crippen molar-refractivity contribution < 1.29 is 4.52 Å². The summed E-state index contributed by atoms with van der Waals surface area (Å²) in [6.45, 7) is 2.89. The summed E-state index contributed by atoms with van der Waals surface area (Å²) < 4.78 is 6.73. The van der Waals surface area contributed by atoms with Crippen LogP contribution < -0.4 is 5.73 Å². The van der Waals surface area contributed by atoms with Crippen molar-refractivity contribution in [2.45, 2.75) is 13.5 Å². The quantitative estimate of drug-likeness (QED) is 0.748. The van der Waals surface area contributed by atoms with Crippen molar-refractivity contribution in [2.75, 3.05) is 5.73 Å². The van der Waals surface area contributed by atoms with Crippen molar-refractivity contribution in [3.63, 3.8) is 0 Å². The monoisotopic (exact) mass is 178 g/mol. The molecule has 0 aliphatic rings. The van der Waals surface area contributed by atoms with Crippen LogP contribution in [0.2, 0.25) is 0 Å². The number of hydrogen-bond donors (Lipinski definition) is 1. The van der Waals surface area contributed by atoms with E-state index < -0.39 is 0 Å². The minimum absolute atomic E-state index is 0.306. The molecule has 0 aliphatic carbocycles. The number of rotatable bonds is 2. The molecule has 13 heavy (non-hydrogen) atoms. The van der Waals surface area contributed by atoms with Gasteiger partial charge in [0.25, 0.3) is 0 Å². The minimum Gasteiger partial charge on any atom is -0.368 e. The number of nitrogens with two attached hydrogens (primary N) is 1. The first-order chi connectivity index (χ1) is 6.31. The lowest BCUT2D eigenvalue weighted by Gasteiger charge is -1.98. The molecule has 0 aliphatic heterocycles. The zero-order chi connectivity index (χ0) is 9.26. The predicted octanol–water partition coefficient (Wildman–Crippen LogP) is 1.14. The minimum atomic E-state index is 0.306. The van der Waals surface area contributed by atoms with Crippen molar-refractivity contribution >= 4 is 5.88 Å². The molecule has 2 aromatic rings. The Morgan fingerprint density at radius 2 is 2.46 bits per heavy atom. The fourth-order valence-corrected chi connectivity index (χ4v) is 1.19. The van der Waals surface area contributed by atoms with Crippen LogP contribution >= 0.6 is 0 Å². The molecule has 0 bridgehead atoms. The van der Waals surface area contributed by atoms with E-state index in [2.05, 4.69) is 10.1 Å². The van der Waals surface area contributed by atoms with Crippen molar-refractivity contribution in [3.8, 4) is 11.5 Å². The van der Waals surface area contributed by atoms with Gasteiger partial charge in [-0.15, -0.1) is 0 Å². The lowest BCUT2D eigenvalue weighted by molar-refractivity contribution is 0.438. The predicted molar refractivity (Wildman–Crippen MR) is 47.8 cm³/mol. The Hall–Kier alpha value is -1.78. The zero-order valence-corrected chi connectivity index (χ0v) is 7.27. The molecule has 68 valence electrons. The highest BCUT2D eigenvalue weighted by atomic mass is 16.5. The van der Waals surface area contributed by atoms with E-state index in [1.165, 1.54) is 0 Å². The van der Waals surface area contributed by atoms with Crippen LogP contribution in [0.3, 0.4) is 0 Å². The van der Waals surface area contributed by atoms with Crippen LogP contribution in [0.5, 0.6) is 0 Å². The highest BCUT2D eigenvalue weighted by molar-refractivity contribution is 5.52. The summed E-state index contributed by atoms with van der Waals surface area (Å²) in [6.07, 6.45) is 3.61. The zero-order valence-electron chi connectivity index (χ0n) is 7.27. The number of imidazole rings is 1. The summed E-state index contributed by atoms with van der Waals surface area (Å²) in [7, 11) is 0. The van der Waals surface area contributed by atoms with Gasteiger partial charge >= 0.3 is 0 Å². The summed E-state index contributed by atoms with van der Waals surface area (Å²) in [5.41, 5.74) is 6.08. The third kappa shape index (κ3) is 1.28. The van der Waals surface area contributed by atoms with E-state index >= 15 is 0 Å². The molecule has 0 amide bonds. The third-order valence-corrected chi connectivity index (χ3v) is 1.81. The fraction of sp³-hybridized carbons (Fsp3) is 0.250. The molecule has 5 heteroatoms. The maximum atomic E-state index is 5.41. The van der Waals surface area contributed by atoms with Gasteiger partial charge in [0, 0.05) is 25.0 Å². The van der Waals surface area contributed by atoms with Crippen LogP contribution in [-0.2, 0) is 6.54 Å². The van der Waals surface area contributed by atoms with Crippen molar-refractivity contribution in [1.82, 2.24) is 14.7 Å². The first-order valence-corrected chi connectivity index (χ1v) is 4.05. The lowest BCUT2D eigenvalue weighted by Crippen LogP contribution is -1.95. The Labute approximate surface area is 75.2 Å². The summed E-state index contributed by atoms with van der Waals surface area (Å²) in [5, 5.41) is 3.78. The van der Waals surface area contributed by atoms with E-state index in [0.717, 1.165) is 12.4 Å². The average Bonchev–Trinajstić information content (AvgIpc) is 2.71. The van der Waals surface area contributed by atoms with Crippen LogP contribution in [0.4, 0.5) is 5.88 Å². The maximum Gasteiger partial charge on any atom is 0.222 e. The summed E-state index contributed by atoms with van der Waals surface area (Å²) in [4.78, 5) is 4.16. The van der Waals surface area contributed by atoms with Gasteiger partial charge in [0.2, 0.25) is 5.88 Å². The molecular weight excluding hydrogens is 168 g/mol. The van der Waals surface area contributed by atoms with Gasteiger partial charge in [-0.05, 0) is 6.92 Å². The Kier molecular flexibility index (Phi) is 1.77. The third-order valence-electron chi connectivity index (χ3n) is 1.81. The Morgan fingerprint density at radius 3 is 3.08 bits per heavy atom. The summed E-state index contributed by atoms with van der Waals surface area (Å²) >= 11 is 0. The van der Waals surface area contributed by atoms with Crippen LogP contribution in [0.1, 0.15) is 6.92 Å². The molecule has 0 spiro atoms. The molecule has 2 heterocycles. The first-order valence-electron chi connectivity index (χ1n) is 4.05. The molecule has 2 N–H and O–H groups in total. The van der Waals surface area contributed by atoms with Crippen LogP contribution in [0.25, 0.3) is 11.5 Å². The second-order valence-electron chi connectivity index (χ2n) is 2.65. The average molecular weight is 178 g/mol. The molecule has 0 saturated carbocycles. The second-order valence-corrected chi connectivity index (χ2v) is 2.65. The van der Waals surface area contributed by atoms with Gasteiger partial charge in [-0.25, -0.2) is 4.98 Å². The SMILES string of the molecule is CCn1ccnc1-c1cc(N)on1. The Bertz CT molecular complexity index is 404. The number of anilines is 1. The number of aromatic nitrogens is 3. The van der Waals surface area contributed by atoms with E-state index in [1.807, 2.05) is 17.7 Å². The van der Waals surface area contributed by atoms with Crippen molar-refractivity contribution in [2.24, 2.45) is 0 Å². The van der Waals surface area contributed by atoms with E-state index in [9.17, 15) is 0 Å². The normalized spacial score (nSPS) is 10.5. The molecule has 0 atom stereocenters. The van der Waals surface area contributed by atoms with E-state index in [0.29, 0.717) is 11.6 Å². The van der Waals surface area contributed by atoms with Crippen LogP contribution in [-0.4, -0.2) is 14.7 Å². The van der Waals surface area contributed by atoms with Gasteiger partial charge in [0.15, 0.2) is 11.5 Å². The molecule has 0 aromatic carbocycles. The van der Waals surface area contributed by atoms with Crippen molar-refractivity contribution in [1.29, 1.82) is 0 Å². The first kappa shape index (κ1) is 7.85. The highest BCUT2D eigenvalue weighted by Crippen LogP contribution is 2.17. The number of nitrogen functional groups attached to an aromatic ring is 1. The summed E-state index contributed by atoms with van der Waals surface area (Å²) in [6, 6.07) is 1.66. The van der Waals surface area contributed by atoms with Gasteiger partial charge in [-0.1, -0.05) is 5.16 Å². The molecule has 5 nitrogen and oxygen atoms in total. The van der Waals surface area contributed by atoms with Crippen LogP contribution in [0.15, 0.2) is 23.0 Å². The molecule has 2 rings (SSSR count). The molecular formula is C8H10N4O. The van der Waals surface area contributed by atoms with Crippen LogP contribution in [0, 0.1) is 0 Å². The molecule has 0 saturated heterocycles. The standard InChI is InChI=1S/C8H10N4O/c1-2-12-4-3-10-8(12)6-5-7(9)13-11-6/h3-5H,2,9H2,1H3. The molecule has 0 unspecified atom stereocenters. The second kappa shape index (κ2) is 2.93. The maximum absolute atomic E-state index is 5.41. The highest BCUT2D eigenvalue weighted by Gasteiger charge is 2.08. The van der Waals surface area contributed by atoms with E-state index in [-0.39, 0.29) is 0 Å². The van der Waals surface area contributed by atoms with Gasteiger partial charge in [-0.2, -0.15) is 0 Å². The van der Waals surface area contributed by atoms with Gasteiger partial charge in [0.05, 0.1) is 0 Å². The Balaban J connectivity index is 2.45. The lowest BCUT2D eigenvalue weighted by atomic mass is 10.4. The number of aryl methyl sites for hydroxylation is 1. The van der Waals surface area contributed by atoms with E-state index in [4.69, 9.17) is 10.3 Å². The number of nitrogens with zero attached hydrogens (tertiary/aromatic N) is 3. The summed E-state index contributed by atoms with van der Waals surface area (Å²) in [5.74, 6) is 1.09.